The molecule has 0 fully saturated rings. The Labute approximate surface area is 138 Å². The molecule has 2 aromatic rings. The number of nitrogens with zero attached hydrogens (tertiary/aromatic N) is 2. The van der Waals surface area contributed by atoms with Crippen LogP contribution in [0.1, 0.15) is 59.1 Å². The molecule has 1 aromatic heterocycles. The second-order valence-electron chi connectivity index (χ2n) is 6.31. The van der Waals surface area contributed by atoms with E-state index >= 15 is 0 Å². The lowest BCUT2D eigenvalue weighted by atomic mass is 9.97. The van der Waals surface area contributed by atoms with E-state index in [0.29, 0.717) is 5.92 Å². The molecular formula is C19H26N2O2. The number of carbonyl (C=O) groups is 1. The van der Waals surface area contributed by atoms with E-state index in [9.17, 15) is 4.79 Å². The van der Waals surface area contributed by atoms with E-state index in [0.717, 1.165) is 34.7 Å². The molecule has 0 N–H and O–H groups in total. The van der Waals surface area contributed by atoms with Gasteiger partial charge in [0, 0.05) is 5.69 Å². The van der Waals surface area contributed by atoms with Crippen molar-refractivity contribution >= 4 is 5.91 Å². The molecule has 1 atom stereocenters. The van der Waals surface area contributed by atoms with Crippen molar-refractivity contribution in [2.75, 3.05) is 6.61 Å². The first kappa shape index (κ1) is 17.3. The first-order valence-corrected chi connectivity index (χ1v) is 8.13. The predicted octanol–water partition coefficient (Wildman–Crippen LogP) is 4.35. The summed E-state index contributed by atoms with van der Waals surface area (Å²) in [6, 6.07) is 5.95. The maximum atomic E-state index is 12.5. The normalized spacial score (nSPS) is 12.3. The molecule has 2 rings (SSSR count). The molecule has 23 heavy (non-hydrogen) atoms. The highest BCUT2D eigenvalue weighted by Crippen LogP contribution is 2.25. The van der Waals surface area contributed by atoms with Gasteiger partial charge in [-0.1, -0.05) is 19.9 Å². The van der Waals surface area contributed by atoms with Crippen molar-refractivity contribution in [1.29, 1.82) is 0 Å². The number of benzene rings is 1. The van der Waals surface area contributed by atoms with Crippen molar-refractivity contribution in [1.82, 2.24) is 9.78 Å². The van der Waals surface area contributed by atoms with E-state index in [1.165, 1.54) is 10.2 Å². The lowest BCUT2D eigenvalue weighted by Crippen LogP contribution is -2.22. The monoisotopic (exact) mass is 314 g/mol. The van der Waals surface area contributed by atoms with Gasteiger partial charge in [-0.3, -0.25) is 4.79 Å². The predicted molar refractivity (Wildman–Crippen MR) is 92.4 cm³/mol. The zero-order valence-electron chi connectivity index (χ0n) is 14.9. The maximum absolute atomic E-state index is 12.5. The largest absolute Gasteiger partial charge is 0.484 e. The van der Waals surface area contributed by atoms with Crippen molar-refractivity contribution in [3.8, 4) is 5.75 Å². The number of aromatic nitrogens is 2. The fourth-order valence-corrected chi connectivity index (χ4v) is 3.04. The SMILES string of the molecule is CCC(C)c1c(C)nn(C(=O)COc2cc(C)cc(C)c2)c1C. The van der Waals surface area contributed by atoms with Crippen molar-refractivity contribution in [2.45, 2.75) is 53.9 Å². The van der Waals surface area contributed by atoms with E-state index < -0.39 is 0 Å². The van der Waals surface area contributed by atoms with E-state index in [1.54, 1.807) is 0 Å². The minimum atomic E-state index is -0.140. The average Bonchev–Trinajstić information content (AvgIpc) is 2.78. The van der Waals surface area contributed by atoms with Gasteiger partial charge in [0.1, 0.15) is 5.75 Å². The van der Waals surface area contributed by atoms with Crippen molar-refractivity contribution in [2.24, 2.45) is 0 Å². The van der Waals surface area contributed by atoms with E-state index in [2.05, 4.69) is 25.0 Å². The lowest BCUT2D eigenvalue weighted by Gasteiger charge is -2.10. The first-order chi connectivity index (χ1) is 10.8. The van der Waals surface area contributed by atoms with Gasteiger partial charge in [0.2, 0.25) is 0 Å². The Balaban J connectivity index is 2.15. The molecule has 1 heterocycles. The van der Waals surface area contributed by atoms with Gasteiger partial charge >= 0.3 is 0 Å². The Hall–Kier alpha value is -2.10. The molecule has 4 heteroatoms. The summed E-state index contributed by atoms with van der Waals surface area (Å²) in [5.74, 6) is 0.982. The van der Waals surface area contributed by atoms with Gasteiger partial charge in [-0.05, 0) is 68.9 Å². The Morgan fingerprint density at radius 1 is 1.17 bits per heavy atom. The highest BCUT2D eigenvalue weighted by Gasteiger charge is 2.20. The van der Waals surface area contributed by atoms with Crippen LogP contribution >= 0.6 is 0 Å². The van der Waals surface area contributed by atoms with Crippen LogP contribution in [0.25, 0.3) is 0 Å². The minimum absolute atomic E-state index is 0.00913. The van der Waals surface area contributed by atoms with E-state index in [1.807, 2.05) is 39.8 Å². The van der Waals surface area contributed by atoms with Gasteiger partial charge in [-0.2, -0.15) is 5.10 Å². The molecule has 0 bridgehead atoms. The van der Waals surface area contributed by atoms with Gasteiger partial charge in [-0.15, -0.1) is 0 Å². The summed E-state index contributed by atoms with van der Waals surface area (Å²) < 4.78 is 7.15. The van der Waals surface area contributed by atoms with Crippen LogP contribution in [-0.4, -0.2) is 22.3 Å². The van der Waals surface area contributed by atoms with Gasteiger partial charge in [0.15, 0.2) is 6.61 Å². The van der Waals surface area contributed by atoms with E-state index in [-0.39, 0.29) is 12.5 Å². The molecule has 0 aliphatic heterocycles. The van der Waals surface area contributed by atoms with Gasteiger partial charge in [-0.25, -0.2) is 4.68 Å². The summed E-state index contributed by atoms with van der Waals surface area (Å²) in [7, 11) is 0. The van der Waals surface area contributed by atoms with Crippen LogP contribution in [0.3, 0.4) is 0 Å². The van der Waals surface area contributed by atoms with Crippen molar-refractivity contribution in [3.63, 3.8) is 0 Å². The fourth-order valence-electron chi connectivity index (χ4n) is 3.04. The highest BCUT2D eigenvalue weighted by atomic mass is 16.5. The molecule has 4 nitrogen and oxygen atoms in total. The maximum Gasteiger partial charge on any atom is 0.284 e. The number of carbonyl (C=O) groups excluding carboxylic acids is 1. The van der Waals surface area contributed by atoms with Crippen LogP contribution < -0.4 is 4.74 Å². The number of aryl methyl sites for hydroxylation is 3. The van der Waals surface area contributed by atoms with Crippen LogP contribution in [0, 0.1) is 27.7 Å². The third-order valence-corrected chi connectivity index (χ3v) is 4.25. The Morgan fingerprint density at radius 3 is 2.35 bits per heavy atom. The van der Waals surface area contributed by atoms with Gasteiger partial charge in [0.25, 0.3) is 5.91 Å². The minimum Gasteiger partial charge on any atom is -0.484 e. The molecule has 0 radical (unpaired) electrons. The van der Waals surface area contributed by atoms with Crippen LogP contribution in [-0.2, 0) is 0 Å². The first-order valence-electron chi connectivity index (χ1n) is 8.13. The van der Waals surface area contributed by atoms with Gasteiger partial charge in [0.05, 0.1) is 5.69 Å². The second-order valence-corrected chi connectivity index (χ2v) is 6.31. The molecule has 1 unspecified atom stereocenters. The van der Waals surface area contributed by atoms with Crippen molar-refractivity contribution in [3.05, 3.63) is 46.3 Å². The van der Waals surface area contributed by atoms with Crippen LogP contribution in [0.5, 0.6) is 5.75 Å². The molecule has 0 saturated carbocycles. The molecule has 0 aliphatic carbocycles. The van der Waals surface area contributed by atoms with Crippen molar-refractivity contribution < 1.29 is 9.53 Å². The zero-order valence-corrected chi connectivity index (χ0v) is 14.9. The zero-order chi connectivity index (χ0) is 17.1. The lowest BCUT2D eigenvalue weighted by molar-refractivity contribution is 0.0818. The van der Waals surface area contributed by atoms with Crippen LogP contribution in [0.2, 0.25) is 0 Å². The summed E-state index contributed by atoms with van der Waals surface area (Å²) in [4.78, 5) is 12.5. The Bertz CT molecular complexity index is 696. The molecular weight excluding hydrogens is 288 g/mol. The number of hydrogen-bond donors (Lipinski definition) is 0. The Morgan fingerprint density at radius 2 is 1.78 bits per heavy atom. The smallest absolute Gasteiger partial charge is 0.284 e. The average molecular weight is 314 g/mol. The molecule has 1 aromatic carbocycles. The molecule has 0 spiro atoms. The van der Waals surface area contributed by atoms with E-state index in [4.69, 9.17) is 4.74 Å². The molecule has 0 amide bonds. The summed E-state index contributed by atoms with van der Waals surface area (Å²) >= 11 is 0. The van der Waals surface area contributed by atoms with Crippen LogP contribution in [0.4, 0.5) is 0 Å². The molecule has 0 aliphatic rings. The summed E-state index contributed by atoms with van der Waals surface area (Å²) in [5.41, 5.74) is 5.27. The third kappa shape index (κ3) is 3.81. The quantitative estimate of drug-likeness (QED) is 0.824. The number of hydrogen-bond acceptors (Lipinski definition) is 3. The van der Waals surface area contributed by atoms with Gasteiger partial charge < -0.3 is 4.74 Å². The molecule has 124 valence electrons. The van der Waals surface area contributed by atoms with Crippen LogP contribution in [0.15, 0.2) is 18.2 Å². The summed E-state index contributed by atoms with van der Waals surface area (Å²) in [6.45, 7) is 12.2. The highest BCUT2D eigenvalue weighted by molar-refractivity contribution is 5.80. The second kappa shape index (κ2) is 6.99. The Kier molecular flexibility index (Phi) is 5.24. The third-order valence-electron chi connectivity index (χ3n) is 4.25. The number of ether oxygens (including phenoxy) is 1. The molecule has 0 saturated heterocycles. The summed E-state index contributed by atoms with van der Waals surface area (Å²) in [5, 5.41) is 4.41. The fraction of sp³-hybridized carbons (Fsp3) is 0.474. The summed E-state index contributed by atoms with van der Waals surface area (Å²) in [6.07, 6.45) is 1.03. The standard InChI is InChI=1S/C19H26N2O2/c1-7-14(4)19-15(5)20-21(16(19)6)18(22)11-23-17-9-12(2)8-13(3)10-17/h8-10,14H,7,11H2,1-6H3. The topological polar surface area (TPSA) is 44.1 Å². The number of rotatable bonds is 5.